The lowest BCUT2D eigenvalue weighted by molar-refractivity contribution is 0.102. The van der Waals surface area contributed by atoms with Gasteiger partial charge in [-0.3, -0.25) is 14.9 Å². The summed E-state index contributed by atoms with van der Waals surface area (Å²) in [6, 6.07) is 23.3. The van der Waals surface area contributed by atoms with Gasteiger partial charge in [-0.05, 0) is 66.7 Å². The molecule has 0 aliphatic heterocycles. The standard InChI is InChI=1S/C28H21FN4O2S/c1-35-26-14-10-19(16-23(26)29)31-28(34)22-7-2-3-8-27(22)36-20-11-12-21-24(32-33-25(21)17-20)13-9-18-6-4-5-15-30-18/h2-17H,1H3,(H,31,34)(H,32,33)/b13-9+. The third-order valence-corrected chi connectivity index (χ3v) is 6.50. The zero-order valence-corrected chi connectivity index (χ0v) is 20.1. The predicted octanol–water partition coefficient (Wildman–Crippen LogP) is 6.68. The van der Waals surface area contributed by atoms with Crippen molar-refractivity contribution >= 4 is 46.4 Å². The van der Waals surface area contributed by atoms with E-state index < -0.39 is 5.82 Å². The van der Waals surface area contributed by atoms with Gasteiger partial charge in [0.1, 0.15) is 0 Å². The van der Waals surface area contributed by atoms with Crippen LogP contribution >= 0.6 is 11.8 Å². The van der Waals surface area contributed by atoms with Gasteiger partial charge in [-0.1, -0.05) is 30.0 Å². The van der Waals surface area contributed by atoms with E-state index in [4.69, 9.17) is 4.74 Å². The monoisotopic (exact) mass is 496 g/mol. The molecular weight excluding hydrogens is 475 g/mol. The van der Waals surface area contributed by atoms with Crippen LogP contribution in [0.15, 0.2) is 94.9 Å². The largest absolute Gasteiger partial charge is 0.494 e. The van der Waals surface area contributed by atoms with E-state index in [1.165, 1.54) is 31.0 Å². The Morgan fingerprint density at radius 3 is 2.69 bits per heavy atom. The summed E-state index contributed by atoms with van der Waals surface area (Å²) in [5.41, 5.74) is 3.40. The molecule has 8 heteroatoms. The van der Waals surface area contributed by atoms with Gasteiger partial charge < -0.3 is 10.1 Å². The Morgan fingerprint density at radius 2 is 1.89 bits per heavy atom. The van der Waals surface area contributed by atoms with Crippen molar-refractivity contribution in [2.24, 2.45) is 0 Å². The fourth-order valence-corrected chi connectivity index (χ4v) is 4.65. The normalized spacial score (nSPS) is 11.2. The number of ether oxygens (including phenoxy) is 1. The van der Waals surface area contributed by atoms with E-state index in [0.29, 0.717) is 11.3 Å². The van der Waals surface area contributed by atoms with Crippen molar-refractivity contribution in [2.45, 2.75) is 9.79 Å². The zero-order valence-electron chi connectivity index (χ0n) is 19.2. The minimum absolute atomic E-state index is 0.119. The topological polar surface area (TPSA) is 79.9 Å². The molecule has 178 valence electrons. The summed E-state index contributed by atoms with van der Waals surface area (Å²) in [5.74, 6) is -0.749. The second-order valence-corrected chi connectivity index (χ2v) is 8.92. The predicted molar refractivity (Wildman–Crippen MR) is 141 cm³/mol. The maximum absolute atomic E-state index is 14.0. The fourth-order valence-electron chi connectivity index (χ4n) is 3.66. The lowest BCUT2D eigenvalue weighted by Gasteiger charge is -2.11. The van der Waals surface area contributed by atoms with E-state index in [0.717, 1.165) is 32.1 Å². The molecule has 0 saturated carbocycles. The number of hydrogen-bond donors (Lipinski definition) is 2. The van der Waals surface area contributed by atoms with Crippen LogP contribution < -0.4 is 10.1 Å². The number of aromatic nitrogens is 3. The van der Waals surface area contributed by atoms with E-state index in [2.05, 4.69) is 20.5 Å². The highest BCUT2D eigenvalue weighted by Crippen LogP contribution is 2.33. The average molecular weight is 497 g/mol. The first-order valence-electron chi connectivity index (χ1n) is 11.1. The molecule has 3 aromatic carbocycles. The molecule has 5 rings (SSSR count). The number of carbonyl (C=O) groups is 1. The highest BCUT2D eigenvalue weighted by Gasteiger charge is 2.14. The highest BCUT2D eigenvalue weighted by atomic mass is 32.2. The molecule has 0 aliphatic carbocycles. The molecular formula is C28H21FN4O2S. The number of H-pyrrole nitrogens is 1. The molecule has 0 spiro atoms. The van der Waals surface area contributed by atoms with Crippen LogP contribution in [-0.4, -0.2) is 28.2 Å². The number of methoxy groups -OCH3 is 1. The highest BCUT2D eigenvalue weighted by molar-refractivity contribution is 7.99. The molecule has 0 fully saturated rings. The number of benzene rings is 3. The Hall–Kier alpha value is -4.43. The number of anilines is 1. The molecule has 0 unspecified atom stereocenters. The molecule has 2 heterocycles. The summed E-state index contributed by atoms with van der Waals surface area (Å²) in [5, 5.41) is 11.2. The smallest absolute Gasteiger partial charge is 0.256 e. The van der Waals surface area contributed by atoms with E-state index >= 15 is 0 Å². The van der Waals surface area contributed by atoms with Crippen LogP contribution in [0, 0.1) is 5.82 Å². The Morgan fingerprint density at radius 1 is 1.03 bits per heavy atom. The van der Waals surface area contributed by atoms with Crippen LogP contribution in [0.5, 0.6) is 5.75 Å². The number of amides is 1. The molecule has 6 nitrogen and oxygen atoms in total. The number of aromatic amines is 1. The van der Waals surface area contributed by atoms with Gasteiger partial charge in [0.2, 0.25) is 0 Å². The first-order chi connectivity index (χ1) is 17.6. The van der Waals surface area contributed by atoms with Crippen LogP contribution in [0.4, 0.5) is 10.1 Å². The summed E-state index contributed by atoms with van der Waals surface area (Å²) in [6.07, 6.45) is 5.59. The van der Waals surface area contributed by atoms with Gasteiger partial charge in [-0.2, -0.15) is 5.10 Å². The summed E-state index contributed by atoms with van der Waals surface area (Å²) in [7, 11) is 1.39. The first kappa shape index (κ1) is 23.3. The van der Waals surface area contributed by atoms with Crippen LogP contribution in [0.2, 0.25) is 0 Å². The van der Waals surface area contributed by atoms with Gasteiger partial charge in [-0.15, -0.1) is 0 Å². The molecule has 0 saturated heterocycles. The summed E-state index contributed by atoms with van der Waals surface area (Å²) >= 11 is 1.47. The number of hydrogen-bond acceptors (Lipinski definition) is 5. The van der Waals surface area contributed by atoms with Crippen molar-refractivity contribution in [2.75, 3.05) is 12.4 Å². The Kier molecular flexibility index (Phi) is 6.77. The van der Waals surface area contributed by atoms with Gasteiger partial charge in [0.05, 0.1) is 29.6 Å². The number of carbonyl (C=O) groups excluding carboxylic acids is 1. The number of pyridine rings is 1. The van der Waals surface area contributed by atoms with Gasteiger partial charge in [0.15, 0.2) is 11.6 Å². The minimum atomic E-state index is -0.542. The number of rotatable bonds is 7. The van der Waals surface area contributed by atoms with Gasteiger partial charge in [-0.25, -0.2) is 4.39 Å². The maximum Gasteiger partial charge on any atom is 0.256 e. The van der Waals surface area contributed by atoms with Crippen molar-refractivity contribution in [1.82, 2.24) is 15.2 Å². The molecule has 0 radical (unpaired) electrons. The third kappa shape index (κ3) is 5.13. The van der Waals surface area contributed by atoms with E-state index in [-0.39, 0.29) is 11.7 Å². The number of nitrogens with one attached hydrogen (secondary N) is 2. The Labute approximate surface area is 211 Å². The Balaban J connectivity index is 1.35. The van der Waals surface area contributed by atoms with E-state index in [1.54, 1.807) is 24.4 Å². The van der Waals surface area contributed by atoms with Crippen molar-refractivity contribution in [3.8, 4) is 5.75 Å². The van der Waals surface area contributed by atoms with Gasteiger partial charge >= 0.3 is 0 Å². The van der Waals surface area contributed by atoms with Crippen LogP contribution in [0.1, 0.15) is 21.7 Å². The average Bonchev–Trinajstić information content (AvgIpc) is 3.30. The van der Waals surface area contributed by atoms with Crippen molar-refractivity contribution in [3.05, 3.63) is 108 Å². The van der Waals surface area contributed by atoms with Gasteiger partial charge in [0, 0.05) is 33.1 Å². The lowest BCUT2D eigenvalue weighted by Crippen LogP contribution is -2.13. The van der Waals surface area contributed by atoms with Crippen molar-refractivity contribution in [3.63, 3.8) is 0 Å². The second-order valence-electron chi connectivity index (χ2n) is 7.81. The summed E-state index contributed by atoms with van der Waals surface area (Å²) in [4.78, 5) is 19.0. The maximum atomic E-state index is 14.0. The molecule has 1 amide bonds. The van der Waals surface area contributed by atoms with E-state index in [1.807, 2.05) is 60.7 Å². The molecule has 0 atom stereocenters. The Bertz CT molecular complexity index is 1570. The number of nitrogens with zero attached hydrogens (tertiary/aromatic N) is 2. The van der Waals surface area contributed by atoms with Crippen molar-refractivity contribution < 1.29 is 13.9 Å². The van der Waals surface area contributed by atoms with E-state index in [9.17, 15) is 9.18 Å². The minimum Gasteiger partial charge on any atom is -0.494 e. The third-order valence-electron chi connectivity index (χ3n) is 5.43. The van der Waals surface area contributed by atoms with Crippen LogP contribution in [-0.2, 0) is 0 Å². The quantitative estimate of drug-likeness (QED) is 0.263. The number of halogens is 1. The summed E-state index contributed by atoms with van der Waals surface area (Å²) in [6.45, 7) is 0. The first-order valence-corrected chi connectivity index (χ1v) is 11.9. The van der Waals surface area contributed by atoms with Gasteiger partial charge in [0.25, 0.3) is 5.91 Å². The van der Waals surface area contributed by atoms with Crippen LogP contribution in [0.3, 0.4) is 0 Å². The molecule has 0 bridgehead atoms. The van der Waals surface area contributed by atoms with Crippen molar-refractivity contribution in [1.29, 1.82) is 0 Å². The molecule has 2 N–H and O–H groups in total. The SMILES string of the molecule is COc1ccc(NC(=O)c2ccccc2Sc2ccc3c(/C=C/c4ccccn4)n[nH]c3c2)cc1F. The fraction of sp³-hybridized carbons (Fsp3) is 0.0357. The second kappa shape index (κ2) is 10.5. The molecule has 5 aromatic rings. The lowest BCUT2D eigenvalue weighted by atomic mass is 10.2. The molecule has 0 aliphatic rings. The summed E-state index contributed by atoms with van der Waals surface area (Å²) < 4.78 is 19.0. The molecule has 2 aromatic heterocycles. The van der Waals surface area contributed by atoms with Crippen LogP contribution in [0.25, 0.3) is 23.1 Å². The number of fused-ring (bicyclic) bond motifs is 1. The molecule has 36 heavy (non-hydrogen) atoms. The zero-order chi connectivity index (χ0) is 24.9.